The van der Waals surface area contributed by atoms with Crippen molar-refractivity contribution >= 4 is 41.5 Å². The van der Waals surface area contributed by atoms with Crippen LogP contribution < -0.4 is 16.0 Å². The van der Waals surface area contributed by atoms with Crippen LogP contribution in [-0.4, -0.2) is 38.2 Å². The highest BCUT2D eigenvalue weighted by Gasteiger charge is 2.43. The van der Waals surface area contributed by atoms with Crippen LogP contribution in [-0.2, 0) is 21.5 Å². The largest absolute Gasteiger partial charge is 0.368 e. The molecule has 1 aliphatic heterocycles. The number of anilines is 1. The fourth-order valence-corrected chi connectivity index (χ4v) is 3.94. The average Bonchev–Trinajstić information content (AvgIpc) is 3.37. The Morgan fingerprint density at radius 2 is 1.94 bits per heavy atom. The predicted molar refractivity (Wildman–Crippen MR) is 135 cm³/mol. The highest BCUT2D eigenvalue weighted by molar-refractivity contribution is 14.0. The van der Waals surface area contributed by atoms with E-state index >= 15 is 0 Å². The van der Waals surface area contributed by atoms with Crippen molar-refractivity contribution in [3.05, 3.63) is 65.7 Å². The molecule has 1 heterocycles. The number of guanidine groups is 1. The summed E-state index contributed by atoms with van der Waals surface area (Å²) in [7, 11) is 1.79. The lowest BCUT2D eigenvalue weighted by molar-refractivity contribution is -0.124. The summed E-state index contributed by atoms with van der Waals surface area (Å²) in [4.78, 5) is 16.6. The summed E-state index contributed by atoms with van der Waals surface area (Å²) in [6.07, 6.45) is 3.81. The third-order valence-electron chi connectivity index (χ3n) is 5.93. The molecule has 166 valence electrons. The maximum Gasteiger partial charge on any atom is 0.253 e. The first kappa shape index (κ1) is 23.5. The van der Waals surface area contributed by atoms with E-state index in [0.29, 0.717) is 13.2 Å². The molecule has 6 nitrogen and oxygen atoms in total. The molecule has 2 aromatic rings. The second kappa shape index (κ2) is 10.9. The predicted octanol–water partition coefficient (Wildman–Crippen LogP) is 3.82. The number of rotatable bonds is 7. The zero-order chi connectivity index (χ0) is 20.8. The highest BCUT2D eigenvalue weighted by atomic mass is 127. The monoisotopic (exact) mass is 534 g/mol. The van der Waals surface area contributed by atoms with Gasteiger partial charge in [-0.1, -0.05) is 42.5 Å². The molecule has 4 rings (SSSR count). The lowest BCUT2D eigenvalue weighted by Crippen LogP contribution is -2.40. The third-order valence-corrected chi connectivity index (χ3v) is 5.93. The van der Waals surface area contributed by atoms with Gasteiger partial charge >= 0.3 is 0 Å². The number of carbonyl (C=O) groups excluding carboxylic acids is 1. The molecule has 1 atom stereocenters. The van der Waals surface area contributed by atoms with Gasteiger partial charge in [-0.15, -0.1) is 24.0 Å². The van der Waals surface area contributed by atoms with E-state index in [1.165, 1.54) is 18.4 Å². The summed E-state index contributed by atoms with van der Waals surface area (Å²) in [6, 6.07) is 18.6. The number of ether oxygens (including phenoxy) is 1. The van der Waals surface area contributed by atoms with Crippen molar-refractivity contribution in [2.24, 2.45) is 4.99 Å². The minimum absolute atomic E-state index is 0. The molecule has 2 fully saturated rings. The van der Waals surface area contributed by atoms with Gasteiger partial charge in [0.25, 0.3) is 5.91 Å². The first-order valence-corrected chi connectivity index (χ1v) is 10.7. The third kappa shape index (κ3) is 6.20. The van der Waals surface area contributed by atoms with Crippen LogP contribution in [0.25, 0.3) is 0 Å². The molecule has 1 saturated heterocycles. The van der Waals surface area contributed by atoms with Gasteiger partial charge in [0.15, 0.2) is 5.96 Å². The van der Waals surface area contributed by atoms with Crippen LogP contribution in [0.2, 0.25) is 0 Å². The Bertz CT molecular complexity index is 893. The molecule has 0 radical (unpaired) electrons. The van der Waals surface area contributed by atoms with Crippen LogP contribution in [0.15, 0.2) is 59.6 Å². The van der Waals surface area contributed by atoms with Gasteiger partial charge in [0.05, 0.1) is 0 Å². The molecule has 31 heavy (non-hydrogen) atoms. The second-order valence-corrected chi connectivity index (χ2v) is 8.12. The fourth-order valence-electron chi connectivity index (χ4n) is 3.94. The summed E-state index contributed by atoms with van der Waals surface area (Å²) >= 11 is 0. The van der Waals surface area contributed by atoms with E-state index in [1.807, 2.05) is 24.3 Å². The molecule has 1 amide bonds. The van der Waals surface area contributed by atoms with E-state index in [-0.39, 0.29) is 41.4 Å². The Kier molecular flexibility index (Phi) is 8.31. The van der Waals surface area contributed by atoms with E-state index < -0.39 is 0 Å². The number of hydrogen-bond donors (Lipinski definition) is 3. The standard InChI is InChI=1S/C24H30N4O2.HI/c1-25-23(27-17-24(12-13-24)19-8-3-2-4-9-19)26-16-18-7-5-10-20(15-18)28-22(29)21-11-6-14-30-21;/h2-5,7-10,15,21H,6,11-14,16-17H2,1H3,(H,28,29)(H2,25,26,27);1H. The minimum Gasteiger partial charge on any atom is -0.368 e. The molecule has 1 saturated carbocycles. The van der Waals surface area contributed by atoms with Crippen LogP contribution in [0, 0.1) is 0 Å². The summed E-state index contributed by atoms with van der Waals surface area (Å²) in [5, 5.41) is 9.81. The first-order chi connectivity index (χ1) is 14.7. The molecule has 0 aromatic heterocycles. The number of halogens is 1. The average molecular weight is 534 g/mol. The summed E-state index contributed by atoms with van der Waals surface area (Å²) in [6.45, 7) is 2.16. The van der Waals surface area contributed by atoms with Gasteiger partial charge in [-0.05, 0) is 48.9 Å². The van der Waals surface area contributed by atoms with Crippen molar-refractivity contribution < 1.29 is 9.53 Å². The zero-order valence-corrected chi connectivity index (χ0v) is 20.2. The highest BCUT2D eigenvalue weighted by Crippen LogP contribution is 2.47. The van der Waals surface area contributed by atoms with Crippen molar-refractivity contribution in [3.8, 4) is 0 Å². The van der Waals surface area contributed by atoms with Gasteiger partial charge in [0.2, 0.25) is 0 Å². The Balaban J connectivity index is 0.00000272. The van der Waals surface area contributed by atoms with Crippen molar-refractivity contribution in [2.75, 3.05) is 25.5 Å². The smallest absolute Gasteiger partial charge is 0.253 e. The minimum atomic E-state index is -0.325. The molecule has 1 unspecified atom stereocenters. The lowest BCUT2D eigenvalue weighted by atomic mass is 9.96. The molecule has 7 heteroatoms. The van der Waals surface area contributed by atoms with Crippen LogP contribution in [0.3, 0.4) is 0 Å². The first-order valence-electron chi connectivity index (χ1n) is 10.7. The van der Waals surface area contributed by atoms with Gasteiger partial charge in [0, 0.05) is 37.8 Å². The Labute approximate surface area is 201 Å². The number of carbonyl (C=O) groups is 1. The van der Waals surface area contributed by atoms with E-state index in [0.717, 1.165) is 36.6 Å². The van der Waals surface area contributed by atoms with E-state index in [4.69, 9.17) is 4.74 Å². The Morgan fingerprint density at radius 3 is 2.61 bits per heavy atom. The van der Waals surface area contributed by atoms with E-state index in [2.05, 4.69) is 51.3 Å². The van der Waals surface area contributed by atoms with Gasteiger partial charge in [-0.3, -0.25) is 9.79 Å². The van der Waals surface area contributed by atoms with Crippen LogP contribution >= 0.6 is 24.0 Å². The number of hydrogen-bond acceptors (Lipinski definition) is 3. The maximum absolute atomic E-state index is 12.3. The Hall–Kier alpha value is -2.13. The second-order valence-electron chi connectivity index (χ2n) is 8.12. The van der Waals surface area contributed by atoms with Crippen molar-refractivity contribution in [3.63, 3.8) is 0 Å². The molecule has 0 bridgehead atoms. The van der Waals surface area contributed by atoms with Crippen molar-refractivity contribution in [1.29, 1.82) is 0 Å². The van der Waals surface area contributed by atoms with Gasteiger partial charge in [-0.2, -0.15) is 0 Å². The molecule has 2 aliphatic rings. The zero-order valence-electron chi connectivity index (χ0n) is 17.9. The van der Waals surface area contributed by atoms with E-state index in [9.17, 15) is 4.79 Å². The maximum atomic E-state index is 12.3. The normalized spacial score (nSPS) is 19.3. The quantitative estimate of drug-likeness (QED) is 0.287. The van der Waals surface area contributed by atoms with Crippen LogP contribution in [0.5, 0.6) is 0 Å². The fraction of sp³-hybridized carbons (Fsp3) is 0.417. The molecule has 0 spiro atoms. The van der Waals surface area contributed by atoms with Crippen molar-refractivity contribution in [1.82, 2.24) is 10.6 Å². The number of amides is 1. The van der Waals surface area contributed by atoms with Crippen LogP contribution in [0.4, 0.5) is 5.69 Å². The molecular weight excluding hydrogens is 503 g/mol. The van der Waals surface area contributed by atoms with E-state index in [1.54, 1.807) is 7.05 Å². The van der Waals surface area contributed by atoms with Gasteiger partial charge in [0.1, 0.15) is 6.10 Å². The van der Waals surface area contributed by atoms with Crippen LogP contribution in [0.1, 0.15) is 36.8 Å². The topological polar surface area (TPSA) is 74.8 Å². The molecule has 3 N–H and O–H groups in total. The number of nitrogens with zero attached hydrogens (tertiary/aromatic N) is 1. The SMILES string of the molecule is CN=C(NCc1cccc(NC(=O)C2CCCO2)c1)NCC1(c2ccccc2)CC1.I. The lowest BCUT2D eigenvalue weighted by Gasteiger charge is -2.19. The summed E-state index contributed by atoms with van der Waals surface area (Å²) in [5.41, 5.74) is 3.49. The van der Waals surface area contributed by atoms with Crippen molar-refractivity contribution in [2.45, 2.75) is 43.7 Å². The summed E-state index contributed by atoms with van der Waals surface area (Å²) < 4.78 is 5.45. The molecule has 2 aromatic carbocycles. The summed E-state index contributed by atoms with van der Waals surface area (Å²) in [5.74, 6) is 0.719. The molecule has 1 aliphatic carbocycles. The molecular formula is C24H31IN4O2. The Morgan fingerprint density at radius 1 is 1.13 bits per heavy atom. The number of benzene rings is 2. The van der Waals surface area contributed by atoms with Gasteiger partial charge < -0.3 is 20.7 Å². The number of aliphatic imine (C=N–C) groups is 1. The number of nitrogens with one attached hydrogen (secondary N) is 3. The van der Waals surface area contributed by atoms with Gasteiger partial charge in [-0.25, -0.2) is 0 Å².